The van der Waals surface area contributed by atoms with Gasteiger partial charge in [-0.1, -0.05) is 13.8 Å². The lowest BCUT2D eigenvalue weighted by Gasteiger charge is -2.46. The van der Waals surface area contributed by atoms with Gasteiger partial charge in [0.2, 0.25) is 0 Å². The summed E-state index contributed by atoms with van der Waals surface area (Å²) in [6.07, 6.45) is 5.26. The molecule has 1 spiro atoms. The summed E-state index contributed by atoms with van der Waals surface area (Å²) in [6, 6.07) is 0. The van der Waals surface area contributed by atoms with E-state index in [4.69, 9.17) is 4.74 Å². The van der Waals surface area contributed by atoms with Gasteiger partial charge in [-0.25, -0.2) is 0 Å². The smallest absolute Gasteiger partial charge is 0.0648 e. The van der Waals surface area contributed by atoms with E-state index in [0.717, 1.165) is 19.8 Å². The Morgan fingerprint density at radius 2 is 1.77 bits per heavy atom. The maximum absolute atomic E-state index is 5.57. The third-order valence-electron chi connectivity index (χ3n) is 3.69. The zero-order valence-corrected chi connectivity index (χ0v) is 8.86. The van der Waals surface area contributed by atoms with Gasteiger partial charge in [0.15, 0.2) is 0 Å². The molecule has 0 atom stereocenters. The summed E-state index contributed by atoms with van der Waals surface area (Å²) < 4.78 is 5.57. The molecule has 1 N–H and O–H groups in total. The molecule has 13 heavy (non-hydrogen) atoms. The van der Waals surface area contributed by atoms with Gasteiger partial charge in [0.05, 0.1) is 13.2 Å². The van der Waals surface area contributed by atoms with E-state index in [1.165, 1.54) is 25.7 Å². The van der Waals surface area contributed by atoms with Gasteiger partial charge < -0.3 is 10.1 Å². The quantitative estimate of drug-likeness (QED) is 0.619. The molecule has 0 bridgehead atoms. The first kappa shape index (κ1) is 9.47. The normalized spacial score (nSPS) is 31.8. The minimum atomic E-state index is 0.341. The molecule has 0 radical (unpaired) electrons. The molecule has 2 rings (SSSR count). The van der Waals surface area contributed by atoms with Crippen molar-refractivity contribution in [3.63, 3.8) is 0 Å². The van der Waals surface area contributed by atoms with Gasteiger partial charge in [-0.2, -0.15) is 0 Å². The van der Waals surface area contributed by atoms with E-state index in [2.05, 4.69) is 19.2 Å². The summed E-state index contributed by atoms with van der Waals surface area (Å²) >= 11 is 0. The first-order valence-electron chi connectivity index (χ1n) is 5.45. The van der Waals surface area contributed by atoms with Gasteiger partial charge >= 0.3 is 0 Å². The summed E-state index contributed by atoms with van der Waals surface area (Å²) in [5.41, 5.74) is 0.901. The van der Waals surface area contributed by atoms with Crippen LogP contribution in [0.2, 0.25) is 0 Å². The lowest BCUT2D eigenvalue weighted by Crippen LogP contribution is -2.56. The molecule has 76 valence electrons. The number of nitrogens with one attached hydrogen (secondary N) is 1. The first-order valence-corrected chi connectivity index (χ1v) is 5.45. The summed E-state index contributed by atoms with van der Waals surface area (Å²) in [6.45, 7) is 7.63. The van der Waals surface area contributed by atoms with Crippen molar-refractivity contribution >= 4 is 0 Å². The van der Waals surface area contributed by atoms with Gasteiger partial charge in [-0.15, -0.1) is 0 Å². The predicted molar refractivity (Wildman–Crippen MR) is 53.8 cm³/mol. The van der Waals surface area contributed by atoms with Crippen molar-refractivity contribution in [2.24, 2.45) is 5.41 Å². The van der Waals surface area contributed by atoms with E-state index < -0.39 is 0 Å². The number of morpholine rings is 1. The fourth-order valence-corrected chi connectivity index (χ4v) is 2.43. The van der Waals surface area contributed by atoms with Crippen molar-refractivity contribution in [3.8, 4) is 0 Å². The fourth-order valence-electron chi connectivity index (χ4n) is 2.43. The van der Waals surface area contributed by atoms with E-state index in [9.17, 15) is 0 Å². The van der Waals surface area contributed by atoms with E-state index in [-0.39, 0.29) is 0 Å². The number of rotatable bonds is 0. The summed E-state index contributed by atoms with van der Waals surface area (Å²) in [7, 11) is 0. The maximum Gasteiger partial charge on any atom is 0.0648 e. The van der Waals surface area contributed by atoms with Crippen molar-refractivity contribution in [2.45, 2.75) is 45.1 Å². The summed E-state index contributed by atoms with van der Waals surface area (Å²) in [5, 5.41) is 3.65. The number of hydrogen-bond donors (Lipinski definition) is 1. The van der Waals surface area contributed by atoms with Crippen molar-refractivity contribution in [1.29, 1.82) is 0 Å². The molecule has 1 saturated carbocycles. The zero-order valence-electron chi connectivity index (χ0n) is 8.86. The molecule has 0 aromatic rings. The van der Waals surface area contributed by atoms with E-state index >= 15 is 0 Å². The Balaban J connectivity index is 1.95. The Bertz CT molecular complexity index is 171. The highest BCUT2D eigenvalue weighted by Gasteiger charge is 2.39. The molecule has 0 amide bonds. The fraction of sp³-hybridized carbons (Fsp3) is 1.00. The predicted octanol–water partition coefficient (Wildman–Crippen LogP) is 1.95. The van der Waals surface area contributed by atoms with Crippen molar-refractivity contribution < 1.29 is 4.74 Å². The van der Waals surface area contributed by atoms with Gasteiger partial charge in [0.25, 0.3) is 0 Å². The average molecular weight is 183 g/mol. The van der Waals surface area contributed by atoms with E-state index in [0.29, 0.717) is 11.0 Å². The monoisotopic (exact) mass is 183 g/mol. The van der Waals surface area contributed by atoms with Gasteiger partial charge in [-0.05, 0) is 31.1 Å². The van der Waals surface area contributed by atoms with Crippen LogP contribution in [-0.2, 0) is 4.74 Å². The molecule has 1 saturated heterocycles. The molecule has 0 aromatic heterocycles. The first-order chi connectivity index (χ1) is 6.12. The van der Waals surface area contributed by atoms with Crippen LogP contribution in [0.5, 0.6) is 0 Å². The molecule has 2 heteroatoms. The highest BCUT2D eigenvalue weighted by molar-refractivity contribution is 4.96. The van der Waals surface area contributed by atoms with Gasteiger partial charge in [0.1, 0.15) is 0 Å². The molecule has 0 aromatic carbocycles. The SMILES string of the molecule is CC1(C)CCC2(CC1)COCCN2. The third kappa shape index (κ3) is 2.05. The average Bonchev–Trinajstić information content (AvgIpc) is 2.13. The lowest BCUT2D eigenvalue weighted by molar-refractivity contribution is -0.00783. The van der Waals surface area contributed by atoms with Crippen LogP contribution in [0.3, 0.4) is 0 Å². The molecular formula is C11H21NO. The Kier molecular flexibility index (Phi) is 2.37. The van der Waals surface area contributed by atoms with Crippen LogP contribution in [0.1, 0.15) is 39.5 Å². The zero-order chi connectivity index (χ0) is 9.36. The molecule has 2 aliphatic rings. The maximum atomic E-state index is 5.57. The molecule has 1 aliphatic carbocycles. The van der Waals surface area contributed by atoms with Gasteiger partial charge in [-0.3, -0.25) is 0 Å². The van der Waals surface area contributed by atoms with Crippen molar-refractivity contribution in [2.75, 3.05) is 19.8 Å². The van der Waals surface area contributed by atoms with Crippen LogP contribution < -0.4 is 5.32 Å². The Morgan fingerprint density at radius 1 is 1.08 bits per heavy atom. The molecule has 2 fully saturated rings. The lowest BCUT2D eigenvalue weighted by atomic mass is 9.69. The van der Waals surface area contributed by atoms with Crippen molar-refractivity contribution in [1.82, 2.24) is 5.32 Å². The van der Waals surface area contributed by atoms with Crippen LogP contribution in [0.15, 0.2) is 0 Å². The number of hydrogen-bond acceptors (Lipinski definition) is 2. The number of ether oxygens (including phenoxy) is 1. The Morgan fingerprint density at radius 3 is 2.31 bits per heavy atom. The Hall–Kier alpha value is -0.0800. The summed E-state index contributed by atoms with van der Waals surface area (Å²) in [4.78, 5) is 0. The highest BCUT2D eigenvalue weighted by atomic mass is 16.5. The van der Waals surface area contributed by atoms with Crippen LogP contribution in [0.4, 0.5) is 0 Å². The topological polar surface area (TPSA) is 21.3 Å². The third-order valence-corrected chi connectivity index (χ3v) is 3.69. The van der Waals surface area contributed by atoms with Crippen LogP contribution in [0, 0.1) is 5.41 Å². The molecule has 2 nitrogen and oxygen atoms in total. The second-order valence-corrected chi connectivity index (χ2v) is 5.42. The van der Waals surface area contributed by atoms with E-state index in [1.807, 2.05) is 0 Å². The second-order valence-electron chi connectivity index (χ2n) is 5.42. The minimum absolute atomic E-state index is 0.341. The standard InChI is InChI=1S/C11H21NO/c1-10(2)3-5-11(6-4-10)9-13-8-7-12-11/h12H,3-9H2,1-2H3. The van der Waals surface area contributed by atoms with E-state index in [1.54, 1.807) is 0 Å². The van der Waals surface area contributed by atoms with Crippen LogP contribution in [0.25, 0.3) is 0 Å². The Labute approximate surface area is 81.0 Å². The largest absolute Gasteiger partial charge is 0.378 e. The summed E-state index contributed by atoms with van der Waals surface area (Å²) in [5.74, 6) is 0. The van der Waals surface area contributed by atoms with Crippen molar-refractivity contribution in [3.05, 3.63) is 0 Å². The van der Waals surface area contributed by atoms with Crippen LogP contribution >= 0.6 is 0 Å². The molecular weight excluding hydrogens is 162 g/mol. The van der Waals surface area contributed by atoms with Crippen LogP contribution in [-0.4, -0.2) is 25.3 Å². The molecule has 1 aliphatic heterocycles. The minimum Gasteiger partial charge on any atom is -0.378 e. The highest BCUT2D eigenvalue weighted by Crippen LogP contribution is 2.40. The van der Waals surface area contributed by atoms with Gasteiger partial charge in [0, 0.05) is 12.1 Å². The molecule has 0 unspecified atom stereocenters. The second kappa shape index (κ2) is 3.25. The molecule has 1 heterocycles.